The molecule has 116 valence electrons. The lowest BCUT2D eigenvalue weighted by atomic mass is 9.96. The summed E-state index contributed by atoms with van der Waals surface area (Å²) < 4.78 is 0. The number of nitrogens with one attached hydrogen (secondary N) is 2. The third-order valence-electron chi connectivity index (χ3n) is 4.38. The molecule has 1 aliphatic carbocycles. The van der Waals surface area contributed by atoms with Crippen LogP contribution in [0.5, 0.6) is 0 Å². The van der Waals surface area contributed by atoms with E-state index in [9.17, 15) is 4.79 Å². The summed E-state index contributed by atoms with van der Waals surface area (Å²) in [4.78, 5) is 18.8. The Labute approximate surface area is 131 Å². The lowest BCUT2D eigenvalue weighted by Gasteiger charge is -2.36. The molecular formula is C15H23ClN4O. The number of hydrogen-bond acceptors (Lipinski definition) is 4. The second-order valence-electron chi connectivity index (χ2n) is 5.79. The number of amides is 1. The van der Waals surface area contributed by atoms with Gasteiger partial charge < -0.3 is 15.5 Å². The van der Waals surface area contributed by atoms with Crippen LogP contribution >= 0.6 is 11.6 Å². The lowest BCUT2D eigenvalue weighted by Crippen LogP contribution is -2.50. The summed E-state index contributed by atoms with van der Waals surface area (Å²) in [6, 6.07) is 3.43. The number of pyridine rings is 1. The molecule has 0 aromatic carbocycles. The zero-order valence-corrected chi connectivity index (χ0v) is 13.6. The summed E-state index contributed by atoms with van der Waals surface area (Å²) in [5.41, 5.74) is 0.332. The maximum Gasteiger partial charge on any atom is 0.271 e. The number of anilines is 1. The van der Waals surface area contributed by atoms with Crippen molar-refractivity contribution in [1.29, 1.82) is 0 Å². The summed E-state index contributed by atoms with van der Waals surface area (Å²) in [7, 11) is 5.91. The van der Waals surface area contributed by atoms with E-state index in [1.165, 1.54) is 12.8 Å². The average molecular weight is 311 g/mol. The monoisotopic (exact) mass is 310 g/mol. The van der Waals surface area contributed by atoms with Crippen LogP contribution in [0.3, 0.4) is 0 Å². The van der Waals surface area contributed by atoms with Crippen molar-refractivity contribution >= 4 is 23.3 Å². The van der Waals surface area contributed by atoms with Crippen LogP contribution in [0.15, 0.2) is 12.1 Å². The van der Waals surface area contributed by atoms with Gasteiger partial charge in [-0.15, -0.1) is 0 Å². The Hall–Kier alpha value is -1.33. The summed E-state index contributed by atoms with van der Waals surface area (Å²) in [6.45, 7) is 0.626. The number of hydrogen-bond donors (Lipinski definition) is 2. The summed E-state index contributed by atoms with van der Waals surface area (Å²) in [5.74, 6) is 0.415. The van der Waals surface area contributed by atoms with E-state index < -0.39 is 0 Å². The first-order valence-corrected chi connectivity index (χ1v) is 7.66. The number of aromatic nitrogens is 1. The molecule has 1 heterocycles. The van der Waals surface area contributed by atoms with Gasteiger partial charge in [-0.3, -0.25) is 4.79 Å². The molecule has 0 atom stereocenters. The quantitative estimate of drug-likeness (QED) is 0.877. The maximum atomic E-state index is 12.4. The summed E-state index contributed by atoms with van der Waals surface area (Å²) in [5, 5.41) is 6.29. The Morgan fingerprint density at radius 1 is 1.38 bits per heavy atom. The number of halogens is 1. The summed E-state index contributed by atoms with van der Waals surface area (Å²) in [6.07, 6.45) is 4.64. The molecule has 0 aliphatic heterocycles. The first kappa shape index (κ1) is 16.0. The molecule has 6 heteroatoms. The van der Waals surface area contributed by atoms with E-state index in [0.29, 0.717) is 17.4 Å². The number of carbonyl (C=O) groups is 1. The standard InChI is InChI=1S/C15H23ClN4O/c1-17-12-7-6-11(16)13(19-12)14(21)18-10-15(20(2)3)8-4-5-9-15/h6-7H,4-5,8-10H2,1-3H3,(H,17,19)(H,18,21). The molecule has 0 radical (unpaired) electrons. The third kappa shape index (κ3) is 3.47. The van der Waals surface area contributed by atoms with Gasteiger partial charge in [-0.05, 0) is 39.1 Å². The van der Waals surface area contributed by atoms with Crippen molar-refractivity contribution in [1.82, 2.24) is 15.2 Å². The number of likely N-dealkylation sites (N-methyl/N-ethyl adjacent to an activating group) is 1. The van der Waals surface area contributed by atoms with Gasteiger partial charge in [0.15, 0.2) is 0 Å². The molecular weight excluding hydrogens is 288 g/mol. The molecule has 1 aliphatic rings. The molecule has 0 spiro atoms. The van der Waals surface area contributed by atoms with Gasteiger partial charge in [0, 0.05) is 19.1 Å². The first-order valence-electron chi connectivity index (χ1n) is 7.28. The van der Waals surface area contributed by atoms with Crippen LogP contribution < -0.4 is 10.6 Å². The third-order valence-corrected chi connectivity index (χ3v) is 4.68. The number of nitrogens with zero attached hydrogens (tertiary/aromatic N) is 2. The van der Waals surface area contributed by atoms with Gasteiger partial charge in [0.1, 0.15) is 11.5 Å². The minimum Gasteiger partial charge on any atom is -0.373 e. The molecule has 5 nitrogen and oxygen atoms in total. The Bertz CT molecular complexity index is 512. The van der Waals surface area contributed by atoms with Crippen LogP contribution in [0.25, 0.3) is 0 Å². The first-order chi connectivity index (χ1) is 9.98. The zero-order valence-electron chi connectivity index (χ0n) is 12.9. The van der Waals surface area contributed by atoms with Crippen molar-refractivity contribution in [2.24, 2.45) is 0 Å². The fourth-order valence-corrected chi connectivity index (χ4v) is 3.08. The molecule has 0 unspecified atom stereocenters. The van der Waals surface area contributed by atoms with Crippen molar-refractivity contribution in [3.63, 3.8) is 0 Å². The van der Waals surface area contributed by atoms with Crippen LogP contribution in [-0.4, -0.2) is 49.0 Å². The van der Waals surface area contributed by atoms with Crippen LogP contribution in [-0.2, 0) is 0 Å². The highest BCUT2D eigenvalue weighted by Crippen LogP contribution is 2.33. The van der Waals surface area contributed by atoms with E-state index in [2.05, 4.69) is 34.6 Å². The van der Waals surface area contributed by atoms with Gasteiger partial charge in [0.05, 0.1) is 5.02 Å². The number of rotatable bonds is 5. The molecule has 2 N–H and O–H groups in total. The van der Waals surface area contributed by atoms with Crippen LogP contribution in [0, 0.1) is 0 Å². The predicted octanol–water partition coefficient (Wildman–Crippen LogP) is 2.38. The molecule has 21 heavy (non-hydrogen) atoms. The van der Waals surface area contributed by atoms with Gasteiger partial charge in [-0.25, -0.2) is 4.98 Å². The molecule has 1 amide bonds. The Morgan fingerprint density at radius 2 is 2.05 bits per heavy atom. The van der Waals surface area contributed by atoms with E-state index in [-0.39, 0.29) is 17.1 Å². The minimum absolute atomic E-state index is 0.0583. The summed E-state index contributed by atoms with van der Waals surface area (Å²) >= 11 is 6.08. The maximum absolute atomic E-state index is 12.4. The van der Waals surface area contributed by atoms with Crippen LogP contribution in [0.2, 0.25) is 5.02 Å². The molecule has 1 saturated carbocycles. The lowest BCUT2D eigenvalue weighted by molar-refractivity contribution is 0.0895. The Kier molecular flexibility index (Phi) is 5.06. The fraction of sp³-hybridized carbons (Fsp3) is 0.600. The zero-order chi connectivity index (χ0) is 15.5. The van der Waals surface area contributed by atoms with Crippen molar-refractivity contribution < 1.29 is 4.79 Å². The van der Waals surface area contributed by atoms with Gasteiger partial charge in [0.2, 0.25) is 0 Å². The van der Waals surface area contributed by atoms with Crippen molar-refractivity contribution in [2.75, 3.05) is 33.0 Å². The largest absolute Gasteiger partial charge is 0.373 e. The predicted molar refractivity (Wildman–Crippen MR) is 86.0 cm³/mol. The highest BCUT2D eigenvalue weighted by atomic mass is 35.5. The van der Waals surface area contributed by atoms with E-state index in [1.54, 1.807) is 19.2 Å². The van der Waals surface area contributed by atoms with E-state index in [1.807, 2.05) is 0 Å². The fourth-order valence-electron chi connectivity index (χ4n) is 2.88. The average Bonchev–Trinajstić information content (AvgIpc) is 2.95. The Morgan fingerprint density at radius 3 is 2.62 bits per heavy atom. The second kappa shape index (κ2) is 6.62. The topological polar surface area (TPSA) is 57.3 Å². The SMILES string of the molecule is CNc1ccc(Cl)c(C(=O)NCC2(N(C)C)CCCC2)n1. The highest BCUT2D eigenvalue weighted by molar-refractivity contribution is 6.33. The second-order valence-corrected chi connectivity index (χ2v) is 6.19. The Balaban J connectivity index is 2.08. The molecule has 0 bridgehead atoms. The van der Waals surface area contributed by atoms with E-state index >= 15 is 0 Å². The molecule has 1 aromatic heterocycles. The molecule has 1 fully saturated rings. The van der Waals surface area contributed by atoms with E-state index in [4.69, 9.17) is 11.6 Å². The van der Waals surface area contributed by atoms with Gasteiger partial charge in [-0.2, -0.15) is 0 Å². The van der Waals surface area contributed by atoms with Crippen molar-refractivity contribution in [3.8, 4) is 0 Å². The van der Waals surface area contributed by atoms with E-state index in [0.717, 1.165) is 12.8 Å². The van der Waals surface area contributed by atoms with Gasteiger partial charge in [-0.1, -0.05) is 24.4 Å². The molecule has 0 saturated heterocycles. The van der Waals surface area contributed by atoms with Crippen LogP contribution in [0.1, 0.15) is 36.2 Å². The van der Waals surface area contributed by atoms with Crippen LogP contribution in [0.4, 0.5) is 5.82 Å². The highest BCUT2D eigenvalue weighted by Gasteiger charge is 2.36. The number of carbonyl (C=O) groups excluding carboxylic acids is 1. The normalized spacial score (nSPS) is 17.0. The molecule has 2 rings (SSSR count). The smallest absolute Gasteiger partial charge is 0.271 e. The van der Waals surface area contributed by atoms with Gasteiger partial charge in [0.25, 0.3) is 5.91 Å². The van der Waals surface area contributed by atoms with Gasteiger partial charge >= 0.3 is 0 Å². The molecule has 1 aromatic rings. The van der Waals surface area contributed by atoms with Crippen molar-refractivity contribution in [2.45, 2.75) is 31.2 Å². The van der Waals surface area contributed by atoms with Crippen molar-refractivity contribution in [3.05, 3.63) is 22.8 Å². The minimum atomic E-state index is -0.217.